The van der Waals surface area contributed by atoms with E-state index in [4.69, 9.17) is 21.8 Å². The second kappa shape index (κ2) is 4.28. The van der Waals surface area contributed by atoms with Crippen molar-refractivity contribution in [3.8, 4) is 0 Å². The van der Waals surface area contributed by atoms with Crippen LogP contribution in [0.3, 0.4) is 0 Å². The zero-order chi connectivity index (χ0) is 13.4. The molecule has 2 aromatic rings. The number of fused-ring (bicyclic) bond motifs is 1. The van der Waals surface area contributed by atoms with E-state index in [9.17, 15) is 14.7 Å². The van der Waals surface area contributed by atoms with Crippen molar-refractivity contribution < 1.29 is 24.9 Å². The Balaban J connectivity index is 2.84. The van der Waals surface area contributed by atoms with Crippen LogP contribution in [-0.2, 0) is 4.79 Å². The number of nitrogens with zero attached hydrogens (tertiary/aromatic N) is 2. The number of aromatic carboxylic acids is 1. The van der Waals surface area contributed by atoms with Gasteiger partial charge < -0.3 is 15.3 Å². The lowest BCUT2D eigenvalue weighted by Gasteiger charge is -2.12. The van der Waals surface area contributed by atoms with Crippen LogP contribution in [0.5, 0.6) is 0 Å². The summed E-state index contributed by atoms with van der Waals surface area (Å²) in [6, 6.07) is 2.77. The fraction of sp³-hybridized carbons (Fsp3) is 0.100. The van der Waals surface area contributed by atoms with Crippen LogP contribution in [0.25, 0.3) is 5.65 Å². The van der Waals surface area contributed by atoms with Gasteiger partial charge in [0.1, 0.15) is 5.65 Å². The first-order chi connectivity index (χ1) is 8.43. The van der Waals surface area contributed by atoms with Crippen molar-refractivity contribution in [3.63, 3.8) is 0 Å². The average molecular weight is 271 g/mol. The molecule has 0 aliphatic carbocycles. The summed E-state index contributed by atoms with van der Waals surface area (Å²) in [5.74, 6) is -2.84. The normalized spacial score (nSPS) is 12.6. The van der Waals surface area contributed by atoms with Gasteiger partial charge in [0, 0.05) is 0 Å². The Morgan fingerprint density at radius 2 is 2.00 bits per heavy atom. The van der Waals surface area contributed by atoms with E-state index in [1.165, 1.54) is 12.1 Å². The molecule has 8 heteroatoms. The minimum absolute atomic E-state index is 0.0575. The topological polar surface area (TPSA) is 112 Å². The van der Waals surface area contributed by atoms with Crippen LogP contribution in [0.4, 0.5) is 0 Å². The van der Waals surface area contributed by atoms with Crippen LogP contribution >= 0.6 is 11.6 Å². The predicted octanol–water partition coefficient (Wildman–Crippen LogP) is 0.804. The third-order valence-corrected chi connectivity index (χ3v) is 2.69. The Morgan fingerprint density at radius 1 is 1.33 bits per heavy atom. The Bertz CT molecular complexity index is 651. The summed E-state index contributed by atoms with van der Waals surface area (Å²) < 4.78 is 1.00. The molecular weight excluding hydrogens is 264 g/mol. The molecule has 0 aliphatic heterocycles. The SMILES string of the molecule is O=C(O)c1cnc2ccc(Cl)c(C(O)C(=O)O)n12. The highest BCUT2D eigenvalue weighted by Crippen LogP contribution is 2.26. The van der Waals surface area contributed by atoms with E-state index in [-0.39, 0.29) is 22.1 Å². The molecule has 7 nitrogen and oxygen atoms in total. The molecule has 1 atom stereocenters. The first kappa shape index (κ1) is 12.3. The van der Waals surface area contributed by atoms with Crippen LogP contribution in [0.15, 0.2) is 18.3 Å². The molecule has 0 amide bonds. The highest BCUT2D eigenvalue weighted by Gasteiger charge is 2.25. The lowest BCUT2D eigenvalue weighted by molar-refractivity contribution is -0.147. The van der Waals surface area contributed by atoms with Crippen LogP contribution < -0.4 is 0 Å². The Morgan fingerprint density at radius 3 is 2.56 bits per heavy atom. The number of hydrogen-bond acceptors (Lipinski definition) is 4. The van der Waals surface area contributed by atoms with Crippen molar-refractivity contribution in [3.05, 3.63) is 34.7 Å². The van der Waals surface area contributed by atoms with Gasteiger partial charge in [0.25, 0.3) is 0 Å². The number of aromatic nitrogens is 2. The van der Waals surface area contributed by atoms with Gasteiger partial charge in [-0.1, -0.05) is 11.6 Å². The van der Waals surface area contributed by atoms with Crippen LogP contribution in [0.1, 0.15) is 22.3 Å². The number of pyridine rings is 1. The van der Waals surface area contributed by atoms with Crippen molar-refractivity contribution >= 4 is 29.2 Å². The van der Waals surface area contributed by atoms with Gasteiger partial charge in [-0.15, -0.1) is 0 Å². The number of carboxylic acids is 2. The molecule has 2 heterocycles. The molecule has 0 spiro atoms. The molecule has 0 radical (unpaired) electrons. The number of rotatable bonds is 3. The monoisotopic (exact) mass is 270 g/mol. The van der Waals surface area contributed by atoms with E-state index in [1.807, 2.05) is 0 Å². The summed E-state index contributed by atoms with van der Waals surface area (Å²) in [6.07, 6.45) is -0.875. The third-order valence-electron chi connectivity index (χ3n) is 2.37. The molecule has 0 aliphatic rings. The summed E-state index contributed by atoms with van der Waals surface area (Å²) in [7, 11) is 0. The Hall–Kier alpha value is -2.12. The zero-order valence-electron chi connectivity index (χ0n) is 8.74. The lowest BCUT2D eigenvalue weighted by atomic mass is 10.2. The Labute approximate surface area is 105 Å². The molecule has 0 aromatic carbocycles. The van der Waals surface area contributed by atoms with Crippen molar-refractivity contribution in [2.24, 2.45) is 0 Å². The first-order valence-electron chi connectivity index (χ1n) is 4.73. The van der Waals surface area contributed by atoms with E-state index in [1.54, 1.807) is 0 Å². The number of carboxylic acid groups (broad SMARTS) is 2. The van der Waals surface area contributed by atoms with Crippen molar-refractivity contribution in [1.82, 2.24) is 9.38 Å². The number of hydrogen-bond donors (Lipinski definition) is 3. The molecule has 0 fully saturated rings. The minimum atomic E-state index is -1.94. The molecule has 0 saturated carbocycles. The molecule has 3 N–H and O–H groups in total. The largest absolute Gasteiger partial charge is 0.479 e. The number of carbonyl (C=O) groups is 2. The zero-order valence-corrected chi connectivity index (χ0v) is 9.50. The fourth-order valence-corrected chi connectivity index (χ4v) is 1.85. The molecular formula is C10H7ClN2O5. The van der Waals surface area contributed by atoms with Gasteiger partial charge in [-0.3, -0.25) is 4.40 Å². The maximum atomic E-state index is 11.0. The van der Waals surface area contributed by atoms with Gasteiger partial charge in [-0.2, -0.15) is 0 Å². The van der Waals surface area contributed by atoms with Crippen LogP contribution in [0.2, 0.25) is 5.02 Å². The van der Waals surface area contributed by atoms with Crippen molar-refractivity contribution in [2.45, 2.75) is 6.10 Å². The summed E-state index contributed by atoms with van der Waals surface area (Å²) in [6.45, 7) is 0. The number of aliphatic hydroxyl groups is 1. The van der Waals surface area contributed by atoms with Crippen LogP contribution in [0, 0.1) is 0 Å². The highest BCUT2D eigenvalue weighted by molar-refractivity contribution is 6.31. The maximum Gasteiger partial charge on any atom is 0.354 e. The molecule has 2 aromatic heterocycles. The first-order valence-corrected chi connectivity index (χ1v) is 5.11. The van der Waals surface area contributed by atoms with Gasteiger partial charge in [-0.05, 0) is 12.1 Å². The van der Waals surface area contributed by atoms with Gasteiger partial charge in [0.15, 0.2) is 11.8 Å². The maximum absolute atomic E-state index is 11.0. The van der Waals surface area contributed by atoms with Gasteiger partial charge in [0.05, 0.1) is 16.9 Å². The second-order valence-corrected chi connectivity index (χ2v) is 3.86. The van der Waals surface area contributed by atoms with Crippen LogP contribution in [-0.4, -0.2) is 36.6 Å². The summed E-state index contributed by atoms with van der Waals surface area (Å²) >= 11 is 5.81. The molecule has 94 valence electrons. The van der Waals surface area contributed by atoms with Crippen molar-refractivity contribution in [1.29, 1.82) is 0 Å². The Kier molecular flexibility index (Phi) is 2.93. The second-order valence-electron chi connectivity index (χ2n) is 3.45. The molecule has 0 bridgehead atoms. The van der Waals surface area contributed by atoms with E-state index < -0.39 is 18.0 Å². The number of halogens is 1. The predicted molar refractivity (Wildman–Crippen MR) is 59.8 cm³/mol. The lowest BCUT2D eigenvalue weighted by Crippen LogP contribution is -2.17. The number of imidazole rings is 1. The number of aliphatic hydroxyl groups excluding tert-OH is 1. The molecule has 18 heavy (non-hydrogen) atoms. The molecule has 1 unspecified atom stereocenters. The van der Waals surface area contributed by atoms with E-state index in [2.05, 4.69) is 4.98 Å². The van der Waals surface area contributed by atoms with Gasteiger partial charge >= 0.3 is 11.9 Å². The molecule has 2 rings (SSSR count). The van der Waals surface area contributed by atoms with E-state index in [0.717, 1.165) is 10.6 Å². The standard InChI is InChI=1S/C10H7ClN2O5/c11-4-1-2-6-12-3-5(9(15)16)13(6)7(4)8(14)10(17)18/h1-3,8,14H,(H,15,16)(H,17,18). The van der Waals surface area contributed by atoms with Crippen molar-refractivity contribution in [2.75, 3.05) is 0 Å². The smallest absolute Gasteiger partial charge is 0.354 e. The van der Waals surface area contributed by atoms with E-state index in [0.29, 0.717) is 0 Å². The quantitative estimate of drug-likeness (QED) is 0.760. The summed E-state index contributed by atoms with van der Waals surface area (Å²) in [5, 5.41) is 27.3. The van der Waals surface area contributed by atoms with Gasteiger partial charge in [-0.25, -0.2) is 14.6 Å². The fourth-order valence-electron chi connectivity index (χ4n) is 1.60. The highest BCUT2D eigenvalue weighted by atomic mass is 35.5. The summed E-state index contributed by atoms with van der Waals surface area (Å²) in [4.78, 5) is 25.6. The minimum Gasteiger partial charge on any atom is -0.479 e. The molecule has 0 saturated heterocycles. The number of aliphatic carboxylic acids is 1. The van der Waals surface area contributed by atoms with Gasteiger partial charge in [0.2, 0.25) is 0 Å². The average Bonchev–Trinajstić information content (AvgIpc) is 2.71. The summed E-state index contributed by atoms with van der Waals surface area (Å²) in [5.41, 5.74) is -0.327. The van der Waals surface area contributed by atoms with E-state index >= 15 is 0 Å². The third kappa shape index (κ3) is 1.79.